The van der Waals surface area contributed by atoms with Crippen LogP contribution in [0.4, 0.5) is 11.4 Å². The second-order valence-corrected chi connectivity index (χ2v) is 13.2. The van der Waals surface area contributed by atoms with E-state index in [1.54, 1.807) is 12.0 Å². The zero-order chi connectivity index (χ0) is 36.1. The van der Waals surface area contributed by atoms with Crippen molar-refractivity contribution in [2.75, 3.05) is 65.7 Å². The summed E-state index contributed by atoms with van der Waals surface area (Å²) in [6, 6.07) is 35.6. The Bertz CT molecular complexity index is 1940. The van der Waals surface area contributed by atoms with Gasteiger partial charge in [0, 0.05) is 56.3 Å². The first-order chi connectivity index (χ1) is 25.4. The van der Waals surface area contributed by atoms with Crippen LogP contribution in [0.5, 0.6) is 5.75 Å². The number of nitrogens with one attached hydrogen (secondary N) is 2. The van der Waals surface area contributed by atoms with E-state index in [2.05, 4.69) is 39.8 Å². The minimum atomic E-state index is -0.0542. The number of anilines is 2. The summed E-state index contributed by atoms with van der Waals surface area (Å²) in [6.45, 7) is 5.40. The number of amides is 2. The Kier molecular flexibility index (Phi) is 12.9. The van der Waals surface area contributed by atoms with E-state index in [4.69, 9.17) is 14.2 Å². The zero-order valence-corrected chi connectivity index (χ0v) is 30.1. The molecule has 0 aromatic heterocycles. The van der Waals surface area contributed by atoms with Crippen LogP contribution in [0.1, 0.15) is 45.5 Å². The Morgan fingerprint density at radius 2 is 1.54 bits per heavy atom. The number of rotatable bonds is 16. The van der Waals surface area contributed by atoms with E-state index in [9.17, 15) is 9.59 Å². The summed E-state index contributed by atoms with van der Waals surface area (Å²) < 4.78 is 16.0. The summed E-state index contributed by atoms with van der Waals surface area (Å²) in [5.41, 5.74) is 6.24. The van der Waals surface area contributed by atoms with Crippen LogP contribution < -0.4 is 15.4 Å². The van der Waals surface area contributed by atoms with Crippen molar-refractivity contribution in [3.8, 4) is 16.9 Å². The van der Waals surface area contributed by atoms with Gasteiger partial charge in [-0.15, -0.1) is 0 Å². The Hall–Kier alpha value is -5.22. The quantitative estimate of drug-likeness (QED) is 0.0804. The van der Waals surface area contributed by atoms with Gasteiger partial charge in [-0.1, -0.05) is 55.0 Å². The average molecular weight is 701 g/mol. The Morgan fingerprint density at radius 3 is 2.37 bits per heavy atom. The number of hydrogen-bond acceptors (Lipinski definition) is 7. The fraction of sp³-hybridized carbons (Fsp3) is 0.302. The van der Waals surface area contributed by atoms with Crippen LogP contribution >= 0.6 is 0 Å². The summed E-state index contributed by atoms with van der Waals surface area (Å²) in [5, 5.41) is 8.45. The molecule has 0 spiro atoms. The second kappa shape index (κ2) is 18.3. The van der Waals surface area contributed by atoms with E-state index in [1.165, 1.54) is 19.3 Å². The molecule has 1 aliphatic rings. The monoisotopic (exact) mass is 700 g/mol. The van der Waals surface area contributed by atoms with Gasteiger partial charge in [0.15, 0.2) is 6.79 Å². The fourth-order valence-electron chi connectivity index (χ4n) is 6.44. The van der Waals surface area contributed by atoms with Crippen LogP contribution in [0.3, 0.4) is 0 Å². The lowest BCUT2D eigenvalue weighted by Gasteiger charge is -2.26. The molecule has 1 aliphatic heterocycles. The minimum absolute atomic E-state index is 0.0476. The smallest absolute Gasteiger partial charge is 0.253 e. The molecule has 1 saturated heterocycles. The number of carbonyl (C=O) groups excluding carboxylic acids is 2. The SMILES string of the molecule is COCCOCOc1ccc2cc(C(=O)N(C)Cc3cccc(-c4ccc(Nc5cccc(C(=O)NCCN6CCCCC6)c5)cc4)c3)ccc2c1. The molecule has 0 saturated carbocycles. The zero-order valence-electron chi connectivity index (χ0n) is 30.1. The topological polar surface area (TPSA) is 92.4 Å². The van der Waals surface area contributed by atoms with E-state index in [0.29, 0.717) is 43.2 Å². The van der Waals surface area contributed by atoms with Crippen molar-refractivity contribution in [3.05, 3.63) is 126 Å². The van der Waals surface area contributed by atoms with E-state index in [0.717, 1.165) is 58.5 Å². The lowest BCUT2D eigenvalue weighted by molar-refractivity contribution is -0.00841. The van der Waals surface area contributed by atoms with Crippen LogP contribution in [0.15, 0.2) is 109 Å². The molecule has 0 bridgehead atoms. The third-order valence-corrected chi connectivity index (χ3v) is 9.29. The van der Waals surface area contributed by atoms with E-state index in [1.807, 2.05) is 92.0 Å². The predicted octanol–water partition coefficient (Wildman–Crippen LogP) is 7.74. The molecular weight excluding hydrogens is 652 g/mol. The van der Waals surface area contributed by atoms with Gasteiger partial charge in [0.05, 0.1) is 13.2 Å². The van der Waals surface area contributed by atoms with Crippen molar-refractivity contribution in [3.63, 3.8) is 0 Å². The molecule has 5 aromatic carbocycles. The fourth-order valence-corrected chi connectivity index (χ4v) is 6.44. The summed E-state index contributed by atoms with van der Waals surface area (Å²) in [4.78, 5) is 30.4. The highest BCUT2D eigenvalue weighted by molar-refractivity contribution is 5.99. The number of nitrogens with zero attached hydrogens (tertiary/aromatic N) is 2. The first-order valence-corrected chi connectivity index (χ1v) is 18.0. The van der Waals surface area contributed by atoms with E-state index < -0.39 is 0 Å². The van der Waals surface area contributed by atoms with Gasteiger partial charge in [0.25, 0.3) is 11.8 Å². The number of benzene rings is 5. The van der Waals surface area contributed by atoms with Gasteiger partial charge in [-0.2, -0.15) is 0 Å². The van der Waals surface area contributed by atoms with Gasteiger partial charge >= 0.3 is 0 Å². The molecule has 6 rings (SSSR count). The summed E-state index contributed by atoms with van der Waals surface area (Å²) >= 11 is 0. The third kappa shape index (κ3) is 10.2. The van der Waals surface area contributed by atoms with Crippen molar-refractivity contribution in [1.82, 2.24) is 15.1 Å². The molecule has 0 radical (unpaired) electrons. The average Bonchev–Trinajstić information content (AvgIpc) is 3.18. The van der Waals surface area contributed by atoms with Crippen LogP contribution in [-0.2, 0) is 16.0 Å². The summed E-state index contributed by atoms with van der Waals surface area (Å²) in [5.74, 6) is 0.603. The highest BCUT2D eigenvalue weighted by Gasteiger charge is 2.14. The molecule has 9 heteroatoms. The van der Waals surface area contributed by atoms with Gasteiger partial charge in [-0.05, 0) is 114 Å². The van der Waals surface area contributed by atoms with Crippen molar-refractivity contribution in [2.45, 2.75) is 25.8 Å². The molecule has 1 heterocycles. The normalized spacial score (nSPS) is 13.1. The molecular formula is C43H48N4O5. The molecule has 9 nitrogen and oxygen atoms in total. The molecule has 1 fully saturated rings. The van der Waals surface area contributed by atoms with Crippen molar-refractivity contribution >= 4 is 34.0 Å². The Morgan fingerprint density at radius 1 is 0.750 bits per heavy atom. The minimum Gasteiger partial charge on any atom is -0.468 e. The molecule has 2 amide bonds. The molecule has 0 unspecified atom stereocenters. The molecule has 0 atom stereocenters. The third-order valence-electron chi connectivity index (χ3n) is 9.29. The first-order valence-electron chi connectivity index (χ1n) is 18.0. The molecule has 5 aromatic rings. The van der Waals surface area contributed by atoms with Crippen molar-refractivity contribution in [1.29, 1.82) is 0 Å². The van der Waals surface area contributed by atoms with E-state index in [-0.39, 0.29) is 18.6 Å². The number of fused-ring (bicyclic) bond motifs is 1. The van der Waals surface area contributed by atoms with Gasteiger partial charge in [0.1, 0.15) is 5.75 Å². The number of ether oxygens (including phenoxy) is 3. The standard InChI is InChI=1S/C43H48N4O5/c1-46(43(49)38-13-12-36-29-41(19-16-35(36)27-38)52-31-51-25-24-50-2)30-32-8-6-9-34(26-32)33-14-17-39(18-15-33)45-40-11-7-10-37(28-40)42(48)44-20-23-47-21-4-3-5-22-47/h6-19,26-29,45H,3-5,20-25,30-31H2,1-2H3,(H,44,48). The summed E-state index contributed by atoms with van der Waals surface area (Å²) in [6.07, 6.45) is 3.80. The highest BCUT2D eigenvalue weighted by atomic mass is 16.7. The van der Waals surface area contributed by atoms with Crippen LogP contribution in [0.2, 0.25) is 0 Å². The number of carbonyl (C=O) groups is 2. The number of piperidine rings is 1. The van der Waals surface area contributed by atoms with Crippen LogP contribution in [0, 0.1) is 0 Å². The van der Waals surface area contributed by atoms with Crippen LogP contribution in [-0.4, -0.2) is 82.0 Å². The molecule has 270 valence electrons. The number of likely N-dealkylation sites (tertiary alicyclic amines) is 1. The maximum absolute atomic E-state index is 13.4. The molecule has 0 aliphatic carbocycles. The number of methoxy groups -OCH3 is 1. The Balaban J connectivity index is 1.02. The van der Waals surface area contributed by atoms with Gasteiger partial charge in [-0.25, -0.2) is 0 Å². The van der Waals surface area contributed by atoms with Gasteiger partial charge in [0.2, 0.25) is 0 Å². The maximum Gasteiger partial charge on any atom is 0.253 e. The van der Waals surface area contributed by atoms with Crippen molar-refractivity contribution < 1.29 is 23.8 Å². The highest BCUT2D eigenvalue weighted by Crippen LogP contribution is 2.26. The van der Waals surface area contributed by atoms with Crippen molar-refractivity contribution in [2.24, 2.45) is 0 Å². The lowest BCUT2D eigenvalue weighted by atomic mass is 10.0. The predicted molar refractivity (Wildman–Crippen MR) is 207 cm³/mol. The first kappa shape index (κ1) is 36.6. The largest absolute Gasteiger partial charge is 0.468 e. The molecule has 2 N–H and O–H groups in total. The van der Waals surface area contributed by atoms with Gasteiger partial charge < -0.3 is 34.6 Å². The second-order valence-electron chi connectivity index (χ2n) is 13.2. The summed E-state index contributed by atoms with van der Waals surface area (Å²) in [7, 11) is 3.46. The maximum atomic E-state index is 13.4. The number of hydrogen-bond donors (Lipinski definition) is 2. The van der Waals surface area contributed by atoms with E-state index >= 15 is 0 Å². The lowest BCUT2D eigenvalue weighted by Crippen LogP contribution is -2.37. The van der Waals surface area contributed by atoms with Crippen LogP contribution in [0.25, 0.3) is 21.9 Å². The molecule has 52 heavy (non-hydrogen) atoms. The Labute approximate surface area is 306 Å². The van der Waals surface area contributed by atoms with Gasteiger partial charge in [-0.3, -0.25) is 9.59 Å².